The van der Waals surface area contributed by atoms with Gasteiger partial charge in [-0.2, -0.15) is 0 Å². The van der Waals surface area contributed by atoms with E-state index in [1.165, 1.54) is 0 Å². The second kappa shape index (κ2) is 8.30. The van der Waals surface area contributed by atoms with Crippen molar-refractivity contribution in [2.24, 2.45) is 0 Å². The van der Waals surface area contributed by atoms with Crippen LogP contribution in [0.1, 0.15) is 63.1 Å². The highest BCUT2D eigenvalue weighted by Crippen LogP contribution is 2.30. The SMILES string of the molecule is CC(C)c1ccc(C2(C)NC(=O)N(CC(=O)Nc3cccc(C(C)C)c3)C2=O)cc1. The average molecular weight is 408 g/mol. The van der Waals surface area contributed by atoms with Gasteiger partial charge in [0.05, 0.1) is 0 Å². The highest BCUT2D eigenvalue weighted by Gasteiger charge is 2.49. The summed E-state index contributed by atoms with van der Waals surface area (Å²) in [5.74, 6) is -0.152. The number of hydrogen-bond donors (Lipinski definition) is 2. The minimum atomic E-state index is -1.19. The second-order valence-electron chi connectivity index (χ2n) is 8.55. The summed E-state index contributed by atoms with van der Waals surface area (Å²) in [5, 5.41) is 5.53. The minimum absolute atomic E-state index is 0.329. The van der Waals surface area contributed by atoms with Crippen molar-refractivity contribution >= 4 is 23.5 Å². The highest BCUT2D eigenvalue weighted by atomic mass is 16.2. The quantitative estimate of drug-likeness (QED) is 0.699. The molecule has 2 aromatic carbocycles. The first-order valence-corrected chi connectivity index (χ1v) is 10.3. The zero-order valence-corrected chi connectivity index (χ0v) is 18.2. The standard InChI is InChI=1S/C24H29N3O3/c1-15(2)17-9-11-19(12-10-17)24(5)22(29)27(23(30)26-24)14-21(28)25-20-8-6-7-18(13-20)16(3)4/h6-13,15-16H,14H2,1-5H3,(H,25,28)(H,26,30). The third kappa shape index (κ3) is 4.22. The smallest absolute Gasteiger partial charge is 0.325 e. The summed E-state index contributed by atoms with van der Waals surface area (Å²) in [6.07, 6.45) is 0. The van der Waals surface area contributed by atoms with Crippen molar-refractivity contribution in [3.05, 3.63) is 65.2 Å². The fraction of sp³-hybridized carbons (Fsp3) is 0.375. The van der Waals surface area contributed by atoms with E-state index >= 15 is 0 Å². The summed E-state index contributed by atoms with van der Waals surface area (Å²) in [5.41, 5.74) is 2.40. The molecule has 1 aliphatic rings. The lowest BCUT2D eigenvalue weighted by atomic mass is 9.90. The number of hydrogen-bond acceptors (Lipinski definition) is 3. The molecule has 0 aliphatic carbocycles. The van der Waals surface area contributed by atoms with Gasteiger partial charge in [-0.3, -0.25) is 14.5 Å². The van der Waals surface area contributed by atoms with Crippen LogP contribution in [0.25, 0.3) is 0 Å². The Bertz CT molecular complexity index is 966. The van der Waals surface area contributed by atoms with Crippen LogP contribution < -0.4 is 10.6 Å². The molecule has 0 spiro atoms. The van der Waals surface area contributed by atoms with E-state index in [0.717, 1.165) is 16.0 Å². The van der Waals surface area contributed by atoms with Crippen LogP contribution in [0, 0.1) is 0 Å². The van der Waals surface area contributed by atoms with Crippen LogP contribution in [0.15, 0.2) is 48.5 Å². The Morgan fingerprint density at radius 1 is 1.00 bits per heavy atom. The molecule has 0 bridgehead atoms. The van der Waals surface area contributed by atoms with E-state index in [1.807, 2.05) is 42.5 Å². The second-order valence-corrected chi connectivity index (χ2v) is 8.55. The molecule has 0 saturated carbocycles. The molecule has 158 valence electrons. The summed E-state index contributed by atoms with van der Waals surface area (Å²) >= 11 is 0. The van der Waals surface area contributed by atoms with E-state index in [9.17, 15) is 14.4 Å². The molecule has 4 amide bonds. The Kier molecular flexibility index (Phi) is 5.97. The van der Waals surface area contributed by atoms with Crippen molar-refractivity contribution in [2.75, 3.05) is 11.9 Å². The predicted molar refractivity (Wildman–Crippen MR) is 117 cm³/mol. The largest absolute Gasteiger partial charge is 0.325 e. The number of nitrogens with one attached hydrogen (secondary N) is 2. The molecule has 2 N–H and O–H groups in total. The highest BCUT2D eigenvalue weighted by molar-refractivity contribution is 6.10. The number of carbonyl (C=O) groups is 3. The van der Waals surface area contributed by atoms with Crippen LogP contribution in [0.3, 0.4) is 0 Å². The number of anilines is 1. The molecule has 30 heavy (non-hydrogen) atoms. The maximum Gasteiger partial charge on any atom is 0.325 e. The molecule has 3 rings (SSSR count). The van der Waals surface area contributed by atoms with Crippen molar-refractivity contribution in [1.82, 2.24) is 10.2 Å². The number of urea groups is 1. The molecule has 1 unspecified atom stereocenters. The third-order valence-electron chi connectivity index (χ3n) is 5.57. The van der Waals surface area contributed by atoms with Gasteiger partial charge >= 0.3 is 6.03 Å². The van der Waals surface area contributed by atoms with E-state index < -0.39 is 23.4 Å². The molecule has 1 atom stereocenters. The molecule has 0 aromatic heterocycles. The van der Waals surface area contributed by atoms with Crippen LogP contribution in [-0.4, -0.2) is 29.3 Å². The molecule has 6 nitrogen and oxygen atoms in total. The van der Waals surface area contributed by atoms with Gasteiger partial charge in [0.25, 0.3) is 5.91 Å². The van der Waals surface area contributed by atoms with Gasteiger partial charge in [-0.15, -0.1) is 0 Å². The molecular formula is C24H29N3O3. The molecule has 1 saturated heterocycles. The normalized spacial score (nSPS) is 18.8. The Morgan fingerprint density at radius 3 is 2.23 bits per heavy atom. The van der Waals surface area contributed by atoms with Gasteiger partial charge in [0.2, 0.25) is 5.91 Å². The van der Waals surface area contributed by atoms with Crippen LogP contribution >= 0.6 is 0 Å². The monoisotopic (exact) mass is 407 g/mol. The third-order valence-corrected chi connectivity index (χ3v) is 5.57. The molecule has 1 aliphatic heterocycles. The van der Waals surface area contributed by atoms with Crippen molar-refractivity contribution < 1.29 is 14.4 Å². The van der Waals surface area contributed by atoms with Crippen molar-refractivity contribution in [3.8, 4) is 0 Å². The van der Waals surface area contributed by atoms with Gasteiger partial charge in [-0.1, -0.05) is 64.1 Å². The van der Waals surface area contributed by atoms with E-state index in [4.69, 9.17) is 0 Å². The van der Waals surface area contributed by atoms with E-state index in [-0.39, 0.29) is 6.54 Å². The average Bonchev–Trinajstić information content (AvgIpc) is 2.92. The summed E-state index contributed by atoms with van der Waals surface area (Å²) in [6, 6.07) is 14.6. The molecule has 0 radical (unpaired) electrons. The number of nitrogens with zero attached hydrogens (tertiary/aromatic N) is 1. The summed E-state index contributed by atoms with van der Waals surface area (Å²) < 4.78 is 0. The summed E-state index contributed by atoms with van der Waals surface area (Å²) in [7, 11) is 0. The zero-order valence-electron chi connectivity index (χ0n) is 18.2. The van der Waals surface area contributed by atoms with Crippen molar-refractivity contribution in [3.63, 3.8) is 0 Å². The zero-order chi connectivity index (χ0) is 22.1. The molecule has 1 heterocycles. The van der Waals surface area contributed by atoms with E-state index in [1.54, 1.807) is 13.0 Å². The first-order chi connectivity index (χ1) is 14.1. The Labute approximate surface area is 177 Å². The van der Waals surface area contributed by atoms with Crippen LogP contribution in [-0.2, 0) is 15.1 Å². The summed E-state index contributed by atoms with van der Waals surface area (Å²) in [4.78, 5) is 39.0. The lowest BCUT2D eigenvalue weighted by molar-refractivity contribution is -0.133. The number of imide groups is 1. The molecule has 1 fully saturated rings. The number of carbonyl (C=O) groups excluding carboxylic acids is 3. The van der Waals surface area contributed by atoms with Crippen molar-refractivity contribution in [2.45, 2.75) is 52.0 Å². The van der Waals surface area contributed by atoms with Gasteiger partial charge < -0.3 is 10.6 Å². The Balaban J connectivity index is 1.73. The predicted octanol–water partition coefficient (Wildman–Crippen LogP) is 4.34. The lowest BCUT2D eigenvalue weighted by Crippen LogP contribution is -2.42. The molecule has 2 aromatic rings. The topological polar surface area (TPSA) is 78.5 Å². The minimum Gasteiger partial charge on any atom is -0.325 e. The van der Waals surface area contributed by atoms with Gasteiger partial charge in [-0.25, -0.2) is 4.79 Å². The molecule has 6 heteroatoms. The first kappa shape index (κ1) is 21.6. The van der Waals surface area contributed by atoms with E-state index in [2.05, 4.69) is 38.3 Å². The fourth-order valence-electron chi connectivity index (χ4n) is 3.56. The van der Waals surface area contributed by atoms with Crippen molar-refractivity contribution in [1.29, 1.82) is 0 Å². The number of benzene rings is 2. The van der Waals surface area contributed by atoms with Gasteiger partial charge in [0, 0.05) is 5.69 Å². The fourth-order valence-corrected chi connectivity index (χ4v) is 3.56. The van der Waals surface area contributed by atoms with E-state index in [0.29, 0.717) is 23.1 Å². The maximum absolute atomic E-state index is 13.1. The Hall–Kier alpha value is -3.15. The Morgan fingerprint density at radius 2 is 1.63 bits per heavy atom. The van der Waals surface area contributed by atoms with Crippen LogP contribution in [0.2, 0.25) is 0 Å². The van der Waals surface area contributed by atoms with Crippen LogP contribution in [0.4, 0.5) is 10.5 Å². The van der Waals surface area contributed by atoms with Crippen LogP contribution in [0.5, 0.6) is 0 Å². The number of rotatable bonds is 6. The lowest BCUT2D eigenvalue weighted by Gasteiger charge is -2.22. The van der Waals surface area contributed by atoms with Gasteiger partial charge in [0.15, 0.2) is 0 Å². The van der Waals surface area contributed by atoms with Gasteiger partial charge in [0.1, 0.15) is 12.1 Å². The number of amides is 4. The summed E-state index contributed by atoms with van der Waals surface area (Å²) in [6.45, 7) is 9.66. The maximum atomic E-state index is 13.1. The molecular weight excluding hydrogens is 378 g/mol. The first-order valence-electron chi connectivity index (χ1n) is 10.3. The van der Waals surface area contributed by atoms with Gasteiger partial charge in [-0.05, 0) is 47.6 Å².